The molecule has 0 spiro atoms. The maximum atomic E-state index is 11.8. The number of nitrogens with one attached hydrogen (secondary N) is 1. The Balaban J connectivity index is 2.23. The van der Waals surface area contributed by atoms with Crippen molar-refractivity contribution in [1.82, 2.24) is 5.32 Å². The summed E-state index contributed by atoms with van der Waals surface area (Å²) in [6.07, 6.45) is 1.77. The van der Waals surface area contributed by atoms with E-state index in [1.54, 1.807) is 0 Å². The lowest BCUT2D eigenvalue weighted by molar-refractivity contribution is 0.0503. The smallest absolute Gasteiger partial charge is 0.338 e. The lowest BCUT2D eigenvalue weighted by Gasteiger charge is -2.19. The highest BCUT2D eigenvalue weighted by Gasteiger charge is 2.17. The van der Waals surface area contributed by atoms with E-state index in [4.69, 9.17) is 4.74 Å². The van der Waals surface area contributed by atoms with Crippen LogP contribution in [0.2, 0.25) is 0 Å². The second-order valence-electron chi connectivity index (χ2n) is 4.01. The normalized spacial score (nSPS) is 14.3. The average molecular weight is 219 g/mol. The van der Waals surface area contributed by atoms with Gasteiger partial charge in [-0.3, -0.25) is 0 Å². The van der Waals surface area contributed by atoms with Crippen LogP contribution in [-0.2, 0) is 17.7 Å². The number of esters is 1. The first-order valence-corrected chi connectivity index (χ1v) is 5.81. The molecule has 0 amide bonds. The van der Waals surface area contributed by atoms with E-state index in [9.17, 15) is 4.79 Å². The van der Waals surface area contributed by atoms with Crippen molar-refractivity contribution in [1.29, 1.82) is 0 Å². The van der Waals surface area contributed by atoms with Gasteiger partial charge in [-0.1, -0.05) is 19.1 Å². The number of carbonyl (C=O) groups excluding carboxylic acids is 1. The van der Waals surface area contributed by atoms with Gasteiger partial charge in [0.25, 0.3) is 0 Å². The van der Waals surface area contributed by atoms with Crippen LogP contribution in [0.4, 0.5) is 0 Å². The largest absolute Gasteiger partial charge is 0.462 e. The second-order valence-corrected chi connectivity index (χ2v) is 4.01. The Bertz CT molecular complexity index is 388. The van der Waals surface area contributed by atoms with Crippen LogP contribution in [0.5, 0.6) is 0 Å². The number of benzene rings is 1. The third-order valence-corrected chi connectivity index (χ3v) is 2.80. The van der Waals surface area contributed by atoms with Gasteiger partial charge in [-0.25, -0.2) is 4.79 Å². The van der Waals surface area contributed by atoms with Crippen LogP contribution in [0.15, 0.2) is 18.2 Å². The van der Waals surface area contributed by atoms with Gasteiger partial charge in [-0.15, -0.1) is 0 Å². The van der Waals surface area contributed by atoms with Gasteiger partial charge in [0.1, 0.15) is 0 Å². The zero-order chi connectivity index (χ0) is 11.4. The quantitative estimate of drug-likeness (QED) is 0.789. The van der Waals surface area contributed by atoms with Crippen LogP contribution in [0.3, 0.4) is 0 Å². The van der Waals surface area contributed by atoms with Gasteiger partial charge in [0.05, 0.1) is 12.2 Å². The summed E-state index contributed by atoms with van der Waals surface area (Å²) in [6.45, 7) is 4.29. The zero-order valence-electron chi connectivity index (χ0n) is 9.58. The summed E-state index contributed by atoms with van der Waals surface area (Å²) in [4.78, 5) is 11.8. The number of fused-ring (bicyclic) bond motifs is 1. The number of carbonyl (C=O) groups is 1. The molecule has 86 valence electrons. The number of ether oxygens (including phenoxy) is 1. The van der Waals surface area contributed by atoms with E-state index in [0.717, 1.165) is 37.1 Å². The Labute approximate surface area is 95.8 Å². The number of rotatable bonds is 3. The SMILES string of the molecule is CCCOC(=O)c1cccc2c1CCNC2. The second kappa shape index (κ2) is 5.12. The van der Waals surface area contributed by atoms with Gasteiger partial charge in [-0.05, 0) is 36.6 Å². The minimum atomic E-state index is -0.180. The van der Waals surface area contributed by atoms with Crippen molar-refractivity contribution in [3.05, 3.63) is 34.9 Å². The first-order chi connectivity index (χ1) is 7.83. The van der Waals surface area contributed by atoms with E-state index in [1.165, 1.54) is 5.56 Å². The molecule has 3 heteroatoms. The molecular formula is C13H17NO2. The minimum Gasteiger partial charge on any atom is -0.462 e. The number of hydrogen-bond donors (Lipinski definition) is 1. The van der Waals surface area contributed by atoms with Gasteiger partial charge in [0.15, 0.2) is 0 Å². The van der Waals surface area contributed by atoms with E-state index in [1.807, 2.05) is 19.1 Å². The molecule has 16 heavy (non-hydrogen) atoms. The van der Waals surface area contributed by atoms with E-state index >= 15 is 0 Å². The fraction of sp³-hybridized carbons (Fsp3) is 0.462. The molecule has 1 N–H and O–H groups in total. The molecule has 0 fully saturated rings. The summed E-state index contributed by atoms with van der Waals surface area (Å²) < 4.78 is 5.18. The molecule has 0 atom stereocenters. The van der Waals surface area contributed by atoms with Crippen LogP contribution in [0, 0.1) is 0 Å². The molecule has 0 saturated heterocycles. The predicted octanol–water partition coefficient (Wildman–Crippen LogP) is 1.90. The van der Waals surface area contributed by atoms with Gasteiger partial charge in [-0.2, -0.15) is 0 Å². The summed E-state index contributed by atoms with van der Waals surface area (Å²) in [6, 6.07) is 5.86. The Morgan fingerprint density at radius 2 is 2.38 bits per heavy atom. The first-order valence-electron chi connectivity index (χ1n) is 5.81. The van der Waals surface area contributed by atoms with Crippen LogP contribution in [0.1, 0.15) is 34.8 Å². The van der Waals surface area contributed by atoms with Gasteiger partial charge < -0.3 is 10.1 Å². The first kappa shape index (κ1) is 11.1. The molecule has 0 radical (unpaired) electrons. The summed E-state index contributed by atoms with van der Waals surface area (Å²) in [5.41, 5.74) is 3.12. The molecule has 0 aliphatic carbocycles. The van der Waals surface area contributed by atoms with Crippen LogP contribution < -0.4 is 5.32 Å². The summed E-state index contributed by atoms with van der Waals surface area (Å²) in [5.74, 6) is -0.180. The summed E-state index contributed by atoms with van der Waals surface area (Å²) in [7, 11) is 0. The Morgan fingerprint density at radius 1 is 1.50 bits per heavy atom. The molecule has 1 aromatic rings. The van der Waals surface area contributed by atoms with E-state index in [0.29, 0.717) is 6.61 Å². The predicted molar refractivity (Wildman–Crippen MR) is 62.4 cm³/mol. The van der Waals surface area contributed by atoms with Gasteiger partial charge >= 0.3 is 5.97 Å². The molecule has 2 rings (SSSR count). The van der Waals surface area contributed by atoms with Crippen LogP contribution >= 0.6 is 0 Å². The highest BCUT2D eigenvalue weighted by atomic mass is 16.5. The van der Waals surface area contributed by atoms with Gasteiger partial charge in [0.2, 0.25) is 0 Å². The van der Waals surface area contributed by atoms with Crippen LogP contribution in [0.25, 0.3) is 0 Å². The topological polar surface area (TPSA) is 38.3 Å². The van der Waals surface area contributed by atoms with E-state index < -0.39 is 0 Å². The number of hydrogen-bond acceptors (Lipinski definition) is 3. The highest BCUT2D eigenvalue weighted by molar-refractivity contribution is 5.91. The van der Waals surface area contributed by atoms with Crippen LogP contribution in [-0.4, -0.2) is 19.1 Å². The monoisotopic (exact) mass is 219 g/mol. The molecule has 3 nitrogen and oxygen atoms in total. The molecule has 1 aromatic carbocycles. The van der Waals surface area contributed by atoms with Crippen molar-refractivity contribution >= 4 is 5.97 Å². The Morgan fingerprint density at radius 3 is 3.19 bits per heavy atom. The van der Waals surface area contributed by atoms with Crippen molar-refractivity contribution in [2.45, 2.75) is 26.3 Å². The lowest BCUT2D eigenvalue weighted by Crippen LogP contribution is -2.25. The molecule has 1 aliphatic heterocycles. The van der Waals surface area contributed by atoms with Crippen molar-refractivity contribution in [2.24, 2.45) is 0 Å². The highest BCUT2D eigenvalue weighted by Crippen LogP contribution is 2.19. The fourth-order valence-electron chi connectivity index (χ4n) is 2.00. The molecule has 0 aromatic heterocycles. The van der Waals surface area contributed by atoms with Crippen molar-refractivity contribution < 1.29 is 9.53 Å². The molecule has 0 saturated carbocycles. The summed E-state index contributed by atoms with van der Waals surface area (Å²) in [5, 5.41) is 3.30. The molecular weight excluding hydrogens is 202 g/mol. The zero-order valence-corrected chi connectivity index (χ0v) is 9.58. The maximum absolute atomic E-state index is 11.8. The maximum Gasteiger partial charge on any atom is 0.338 e. The lowest BCUT2D eigenvalue weighted by atomic mass is 9.95. The Hall–Kier alpha value is -1.35. The summed E-state index contributed by atoms with van der Waals surface area (Å²) >= 11 is 0. The molecule has 0 unspecified atom stereocenters. The molecule has 0 bridgehead atoms. The molecule has 1 aliphatic rings. The standard InChI is InChI=1S/C13H17NO2/c1-2-8-16-13(15)12-5-3-4-10-9-14-7-6-11(10)12/h3-5,14H,2,6-9H2,1H3. The van der Waals surface area contributed by atoms with Crippen molar-refractivity contribution in [3.63, 3.8) is 0 Å². The minimum absolute atomic E-state index is 0.180. The van der Waals surface area contributed by atoms with Crippen molar-refractivity contribution in [2.75, 3.05) is 13.2 Å². The fourth-order valence-corrected chi connectivity index (χ4v) is 2.00. The van der Waals surface area contributed by atoms with E-state index in [-0.39, 0.29) is 5.97 Å². The third kappa shape index (κ3) is 2.25. The molecule has 1 heterocycles. The Kier molecular flexibility index (Phi) is 3.57. The third-order valence-electron chi connectivity index (χ3n) is 2.80. The van der Waals surface area contributed by atoms with Crippen molar-refractivity contribution in [3.8, 4) is 0 Å². The van der Waals surface area contributed by atoms with Gasteiger partial charge in [0, 0.05) is 6.54 Å². The van der Waals surface area contributed by atoms with E-state index in [2.05, 4.69) is 11.4 Å². The average Bonchev–Trinajstić information content (AvgIpc) is 2.35.